The van der Waals surface area contributed by atoms with E-state index in [2.05, 4.69) is 0 Å². The number of aliphatic hydroxyl groups is 7. The molecule has 0 aliphatic heterocycles. The van der Waals surface area contributed by atoms with Crippen LogP contribution in [0.1, 0.15) is 6.92 Å². The second kappa shape index (κ2) is 6.73. The van der Waals surface area contributed by atoms with Gasteiger partial charge in [0.2, 0.25) is 0 Å². The summed E-state index contributed by atoms with van der Waals surface area (Å²) >= 11 is 4.88. The highest BCUT2D eigenvalue weighted by molar-refractivity contribution is 6.64. The summed E-state index contributed by atoms with van der Waals surface area (Å²) < 4.78 is 0. The number of hydrogen-bond donors (Lipinski definition) is 7. The van der Waals surface area contributed by atoms with Gasteiger partial charge in [0.05, 0.1) is 6.61 Å². The van der Waals surface area contributed by atoms with E-state index in [0.29, 0.717) is 0 Å². The predicted molar refractivity (Wildman–Crippen MR) is 58.6 cm³/mol. The highest BCUT2D eigenvalue weighted by Crippen LogP contribution is 2.21. The molecule has 0 radical (unpaired) electrons. The lowest BCUT2D eigenvalue weighted by Gasteiger charge is -2.37. The first-order valence-corrected chi connectivity index (χ1v) is 5.38. The highest BCUT2D eigenvalue weighted by Gasteiger charge is 2.45. The molecule has 5 unspecified atom stereocenters. The standard InChI is InChI=1S/C9H17ClO8/c1-9(18,3(12)2-11)7(16)5(14)4(13)6(15)8(10)17/h3-7,11-16,18H,2H2,1H3/t3?,4?,5?,6?,7?,9-/m0/s1. The Bertz CT molecular complexity index is 284. The van der Waals surface area contributed by atoms with Crippen LogP contribution < -0.4 is 0 Å². The lowest BCUT2D eigenvalue weighted by molar-refractivity contribution is -0.199. The largest absolute Gasteiger partial charge is 0.394 e. The third kappa shape index (κ3) is 3.84. The van der Waals surface area contributed by atoms with Crippen LogP contribution in [0, 0.1) is 0 Å². The van der Waals surface area contributed by atoms with Gasteiger partial charge in [-0.1, -0.05) is 0 Å². The Labute approximate surface area is 108 Å². The van der Waals surface area contributed by atoms with E-state index in [-0.39, 0.29) is 0 Å². The van der Waals surface area contributed by atoms with E-state index in [1.54, 1.807) is 0 Å². The molecule has 6 atom stereocenters. The van der Waals surface area contributed by atoms with Crippen LogP contribution in [0.3, 0.4) is 0 Å². The fourth-order valence-corrected chi connectivity index (χ4v) is 1.36. The molecular weight excluding hydrogens is 272 g/mol. The van der Waals surface area contributed by atoms with Gasteiger partial charge < -0.3 is 35.7 Å². The molecule has 0 aromatic heterocycles. The van der Waals surface area contributed by atoms with Crippen LogP contribution in [-0.2, 0) is 4.79 Å². The molecule has 0 aliphatic rings. The molecule has 8 nitrogen and oxygen atoms in total. The van der Waals surface area contributed by atoms with Crippen molar-refractivity contribution >= 4 is 16.8 Å². The predicted octanol–water partition coefficient (Wildman–Crippen LogP) is -3.70. The summed E-state index contributed by atoms with van der Waals surface area (Å²) in [6, 6.07) is 0. The van der Waals surface area contributed by atoms with Crippen LogP contribution in [0.5, 0.6) is 0 Å². The Hall–Kier alpha value is -0.320. The highest BCUT2D eigenvalue weighted by atomic mass is 35.5. The number of aliphatic hydroxyl groups excluding tert-OH is 6. The molecule has 0 aliphatic carbocycles. The maximum atomic E-state index is 10.6. The van der Waals surface area contributed by atoms with E-state index in [1.807, 2.05) is 0 Å². The van der Waals surface area contributed by atoms with Gasteiger partial charge in [-0.15, -0.1) is 0 Å². The average Bonchev–Trinajstić information content (AvgIpc) is 2.33. The molecule has 0 fully saturated rings. The summed E-state index contributed by atoms with van der Waals surface area (Å²) in [4.78, 5) is 10.6. The van der Waals surface area contributed by atoms with Crippen LogP contribution in [0.15, 0.2) is 0 Å². The van der Waals surface area contributed by atoms with Crippen molar-refractivity contribution in [3.05, 3.63) is 0 Å². The lowest BCUT2D eigenvalue weighted by atomic mass is 9.86. The van der Waals surface area contributed by atoms with Gasteiger partial charge in [0.25, 0.3) is 5.24 Å². The molecule has 0 amide bonds. The molecule has 0 saturated heterocycles. The van der Waals surface area contributed by atoms with Gasteiger partial charge in [-0.2, -0.15) is 0 Å². The number of halogens is 1. The monoisotopic (exact) mass is 288 g/mol. The summed E-state index contributed by atoms with van der Waals surface area (Å²) in [7, 11) is 0. The summed E-state index contributed by atoms with van der Waals surface area (Å²) in [6.45, 7) is -0.0206. The Morgan fingerprint density at radius 1 is 1.17 bits per heavy atom. The molecule has 0 saturated carbocycles. The quantitative estimate of drug-likeness (QED) is 0.236. The van der Waals surface area contributed by atoms with Crippen molar-refractivity contribution in [3.8, 4) is 0 Å². The van der Waals surface area contributed by atoms with Crippen molar-refractivity contribution in [2.75, 3.05) is 6.61 Å². The van der Waals surface area contributed by atoms with Gasteiger partial charge in [-0.05, 0) is 18.5 Å². The maximum absolute atomic E-state index is 10.6. The Morgan fingerprint density at radius 2 is 1.61 bits per heavy atom. The molecule has 9 heteroatoms. The first-order valence-electron chi connectivity index (χ1n) is 5.00. The van der Waals surface area contributed by atoms with Crippen molar-refractivity contribution < 1.29 is 40.5 Å². The summed E-state index contributed by atoms with van der Waals surface area (Å²) in [5.41, 5.74) is -2.37. The molecule has 0 heterocycles. The first-order chi connectivity index (χ1) is 8.07. The Kier molecular flexibility index (Phi) is 6.61. The average molecular weight is 289 g/mol. The van der Waals surface area contributed by atoms with Crippen LogP contribution in [0.4, 0.5) is 0 Å². The SMILES string of the molecule is C[C@](O)(C(O)CO)C(O)C(O)C(O)C(O)C(=O)Cl. The molecule has 0 bridgehead atoms. The number of rotatable bonds is 7. The van der Waals surface area contributed by atoms with E-state index in [0.717, 1.165) is 6.92 Å². The Balaban J connectivity index is 4.88. The second-order valence-electron chi connectivity index (χ2n) is 4.10. The fourth-order valence-electron chi connectivity index (χ4n) is 1.24. The van der Waals surface area contributed by atoms with Crippen LogP contribution >= 0.6 is 11.6 Å². The van der Waals surface area contributed by atoms with Gasteiger partial charge in [0.15, 0.2) is 6.10 Å². The minimum Gasteiger partial charge on any atom is -0.394 e. The second-order valence-corrected chi connectivity index (χ2v) is 4.47. The fraction of sp³-hybridized carbons (Fsp3) is 0.889. The number of carbonyl (C=O) groups excluding carboxylic acids is 1. The molecule has 7 N–H and O–H groups in total. The topological polar surface area (TPSA) is 159 Å². The third-order valence-electron chi connectivity index (χ3n) is 2.68. The third-order valence-corrected chi connectivity index (χ3v) is 2.90. The molecule has 0 spiro atoms. The molecule has 18 heavy (non-hydrogen) atoms. The molecule has 0 rings (SSSR count). The van der Waals surface area contributed by atoms with Crippen molar-refractivity contribution in [2.45, 2.75) is 43.0 Å². The van der Waals surface area contributed by atoms with Crippen molar-refractivity contribution in [1.29, 1.82) is 0 Å². The zero-order valence-electron chi connectivity index (χ0n) is 9.51. The summed E-state index contributed by atoms with van der Waals surface area (Å²) in [5, 5.41) is 63.6. The van der Waals surface area contributed by atoms with Crippen LogP contribution in [-0.4, -0.2) is 83.7 Å². The first kappa shape index (κ1) is 17.7. The van der Waals surface area contributed by atoms with Gasteiger partial charge in [-0.25, -0.2) is 0 Å². The normalized spacial score (nSPS) is 23.6. The van der Waals surface area contributed by atoms with E-state index in [9.17, 15) is 30.3 Å². The van der Waals surface area contributed by atoms with Crippen molar-refractivity contribution in [3.63, 3.8) is 0 Å². The van der Waals surface area contributed by atoms with E-state index >= 15 is 0 Å². The minimum atomic E-state index is -2.37. The molecule has 108 valence electrons. The van der Waals surface area contributed by atoms with Gasteiger partial charge >= 0.3 is 0 Å². The zero-order chi connectivity index (χ0) is 14.7. The number of carbonyl (C=O) groups is 1. The Morgan fingerprint density at radius 3 is 1.94 bits per heavy atom. The smallest absolute Gasteiger partial charge is 0.253 e. The number of hydrogen-bond acceptors (Lipinski definition) is 8. The van der Waals surface area contributed by atoms with Crippen LogP contribution in [0.2, 0.25) is 0 Å². The van der Waals surface area contributed by atoms with Crippen LogP contribution in [0.25, 0.3) is 0 Å². The summed E-state index contributed by atoms with van der Waals surface area (Å²) in [6.07, 6.45) is -10.4. The van der Waals surface area contributed by atoms with Crippen molar-refractivity contribution in [2.24, 2.45) is 0 Å². The maximum Gasteiger partial charge on any atom is 0.253 e. The molecule has 0 aromatic rings. The zero-order valence-corrected chi connectivity index (χ0v) is 10.3. The van der Waals surface area contributed by atoms with Crippen molar-refractivity contribution in [1.82, 2.24) is 0 Å². The molecular formula is C9H17ClO8. The van der Waals surface area contributed by atoms with Gasteiger partial charge in [0, 0.05) is 0 Å². The van der Waals surface area contributed by atoms with Gasteiger partial charge in [-0.3, -0.25) is 4.79 Å². The molecule has 0 aromatic carbocycles. The minimum absolute atomic E-state index is 0.892. The lowest BCUT2D eigenvalue weighted by Crippen LogP contribution is -2.60. The summed E-state index contributed by atoms with van der Waals surface area (Å²) in [5.74, 6) is 0. The van der Waals surface area contributed by atoms with Gasteiger partial charge in [0.1, 0.15) is 30.0 Å². The van der Waals surface area contributed by atoms with E-state index in [1.165, 1.54) is 0 Å². The van der Waals surface area contributed by atoms with E-state index in [4.69, 9.17) is 21.8 Å². The van der Waals surface area contributed by atoms with E-state index < -0.39 is 48.0 Å².